The number of carbonyl (C=O) groups is 1. The van der Waals surface area contributed by atoms with Crippen molar-refractivity contribution in [3.63, 3.8) is 0 Å². The molecule has 1 aliphatic rings. The predicted octanol–water partition coefficient (Wildman–Crippen LogP) is 3.81. The fourth-order valence-electron chi connectivity index (χ4n) is 3.01. The van der Waals surface area contributed by atoms with Crippen LogP contribution in [-0.4, -0.2) is 17.7 Å². The summed E-state index contributed by atoms with van der Waals surface area (Å²) in [5.41, 5.74) is 1.99. The Bertz CT molecular complexity index is 630. The number of ether oxygens (including phenoxy) is 1. The lowest BCUT2D eigenvalue weighted by Gasteiger charge is -2.27. The van der Waals surface area contributed by atoms with Crippen molar-refractivity contribution >= 4 is 5.97 Å². The molecule has 0 unspecified atom stereocenters. The molecule has 0 heterocycles. The van der Waals surface area contributed by atoms with Gasteiger partial charge >= 0.3 is 5.97 Å². The number of rotatable bonds is 5. The molecule has 2 aromatic rings. The first kappa shape index (κ1) is 13.8. The normalized spacial score (nSPS) is 14.5. The zero-order valence-electron chi connectivity index (χ0n) is 12.0. The molecule has 2 aromatic carbocycles. The smallest absolute Gasteiger partial charge is 0.345 e. The van der Waals surface area contributed by atoms with E-state index in [0.717, 1.165) is 35.1 Å². The van der Waals surface area contributed by atoms with E-state index in [4.69, 9.17) is 4.74 Å². The van der Waals surface area contributed by atoms with Gasteiger partial charge in [0, 0.05) is 17.7 Å². The van der Waals surface area contributed by atoms with Crippen LogP contribution in [0.2, 0.25) is 0 Å². The molecule has 3 nitrogen and oxygen atoms in total. The van der Waals surface area contributed by atoms with E-state index in [2.05, 4.69) is 6.92 Å². The van der Waals surface area contributed by atoms with Crippen molar-refractivity contribution in [3.8, 4) is 11.1 Å². The fraction of sp³-hybridized carbons (Fsp3) is 0.278. The summed E-state index contributed by atoms with van der Waals surface area (Å²) in [5.74, 6) is -0.948. The van der Waals surface area contributed by atoms with Crippen LogP contribution < -0.4 is 0 Å². The molecule has 3 heteroatoms. The van der Waals surface area contributed by atoms with Gasteiger partial charge in [0.2, 0.25) is 5.60 Å². The summed E-state index contributed by atoms with van der Waals surface area (Å²) < 4.78 is 5.95. The molecule has 0 fully saturated rings. The molecular formula is C18H18O3. The number of carboxylic acids is 1. The van der Waals surface area contributed by atoms with Crippen LogP contribution in [0.1, 0.15) is 30.9 Å². The van der Waals surface area contributed by atoms with Crippen LogP contribution in [0.4, 0.5) is 0 Å². The lowest BCUT2D eigenvalue weighted by molar-refractivity contribution is -0.161. The molecule has 21 heavy (non-hydrogen) atoms. The lowest BCUT2D eigenvalue weighted by Crippen LogP contribution is -2.38. The Morgan fingerprint density at radius 1 is 1.05 bits per heavy atom. The van der Waals surface area contributed by atoms with Crippen LogP contribution in [0.3, 0.4) is 0 Å². The molecule has 1 N–H and O–H groups in total. The third kappa shape index (κ3) is 1.96. The maximum Gasteiger partial charge on any atom is 0.345 e. The first-order chi connectivity index (χ1) is 10.2. The van der Waals surface area contributed by atoms with Crippen molar-refractivity contribution < 1.29 is 14.6 Å². The van der Waals surface area contributed by atoms with Crippen LogP contribution in [-0.2, 0) is 15.1 Å². The quantitative estimate of drug-likeness (QED) is 0.848. The zero-order valence-corrected chi connectivity index (χ0v) is 12.0. The van der Waals surface area contributed by atoms with E-state index < -0.39 is 11.6 Å². The summed E-state index contributed by atoms with van der Waals surface area (Å²) >= 11 is 0. The van der Waals surface area contributed by atoms with Gasteiger partial charge in [-0.25, -0.2) is 4.79 Å². The van der Waals surface area contributed by atoms with Gasteiger partial charge in [-0.2, -0.15) is 0 Å². The molecule has 108 valence electrons. The summed E-state index contributed by atoms with van der Waals surface area (Å²) in [6.45, 7) is 2.50. The van der Waals surface area contributed by atoms with Gasteiger partial charge in [0.1, 0.15) is 0 Å². The second-order valence-electron chi connectivity index (χ2n) is 5.28. The van der Waals surface area contributed by atoms with E-state index in [1.54, 1.807) is 0 Å². The summed E-state index contributed by atoms with van der Waals surface area (Å²) in [5, 5.41) is 9.93. The summed E-state index contributed by atoms with van der Waals surface area (Å²) in [6.07, 6.45) is 1.82. The number of fused-ring (bicyclic) bond motifs is 3. The highest BCUT2D eigenvalue weighted by molar-refractivity contribution is 5.95. The van der Waals surface area contributed by atoms with E-state index in [1.165, 1.54) is 0 Å². The average molecular weight is 282 g/mol. The maximum atomic E-state index is 12.1. The van der Waals surface area contributed by atoms with Gasteiger partial charge in [-0.05, 0) is 17.5 Å². The van der Waals surface area contributed by atoms with Crippen LogP contribution in [0.25, 0.3) is 11.1 Å². The monoisotopic (exact) mass is 282 g/mol. The van der Waals surface area contributed by atoms with Crippen LogP contribution in [0.5, 0.6) is 0 Å². The molecule has 0 saturated carbocycles. The summed E-state index contributed by atoms with van der Waals surface area (Å²) in [4.78, 5) is 12.1. The van der Waals surface area contributed by atoms with E-state index >= 15 is 0 Å². The second kappa shape index (κ2) is 5.34. The third-order valence-corrected chi connectivity index (χ3v) is 4.02. The van der Waals surface area contributed by atoms with E-state index in [9.17, 15) is 9.90 Å². The maximum absolute atomic E-state index is 12.1. The van der Waals surface area contributed by atoms with Gasteiger partial charge in [0.25, 0.3) is 0 Å². The van der Waals surface area contributed by atoms with E-state index in [0.29, 0.717) is 6.61 Å². The fourth-order valence-corrected chi connectivity index (χ4v) is 3.01. The second-order valence-corrected chi connectivity index (χ2v) is 5.28. The van der Waals surface area contributed by atoms with Crippen LogP contribution in [0, 0.1) is 0 Å². The molecule has 0 amide bonds. The number of aliphatic carboxylic acids is 1. The Hall–Kier alpha value is -2.13. The Balaban J connectivity index is 2.20. The van der Waals surface area contributed by atoms with Crippen molar-refractivity contribution in [3.05, 3.63) is 59.7 Å². The van der Waals surface area contributed by atoms with Crippen molar-refractivity contribution in [2.45, 2.75) is 25.4 Å². The minimum absolute atomic E-state index is 0.436. The predicted molar refractivity (Wildman–Crippen MR) is 81.2 cm³/mol. The number of hydrogen-bond donors (Lipinski definition) is 1. The highest BCUT2D eigenvalue weighted by Crippen LogP contribution is 2.49. The van der Waals surface area contributed by atoms with Crippen LogP contribution >= 0.6 is 0 Å². The van der Waals surface area contributed by atoms with Gasteiger partial charge in [0.05, 0.1) is 0 Å². The summed E-state index contributed by atoms with van der Waals surface area (Å²) in [7, 11) is 0. The number of unbranched alkanes of at least 4 members (excludes halogenated alkanes) is 1. The van der Waals surface area contributed by atoms with Gasteiger partial charge in [-0.15, -0.1) is 0 Å². The van der Waals surface area contributed by atoms with Gasteiger partial charge < -0.3 is 9.84 Å². The van der Waals surface area contributed by atoms with E-state index in [1.807, 2.05) is 48.5 Å². The highest BCUT2D eigenvalue weighted by Gasteiger charge is 2.50. The van der Waals surface area contributed by atoms with Crippen molar-refractivity contribution in [1.29, 1.82) is 0 Å². The first-order valence-electron chi connectivity index (χ1n) is 7.28. The van der Waals surface area contributed by atoms with Gasteiger partial charge in [0.15, 0.2) is 0 Å². The summed E-state index contributed by atoms with van der Waals surface area (Å²) in [6, 6.07) is 15.2. The molecule has 0 atom stereocenters. The lowest BCUT2D eigenvalue weighted by atomic mass is 9.91. The first-order valence-corrected chi connectivity index (χ1v) is 7.28. The zero-order chi connectivity index (χ0) is 14.9. The molecule has 0 radical (unpaired) electrons. The van der Waals surface area contributed by atoms with Crippen molar-refractivity contribution in [1.82, 2.24) is 0 Å². The van der Waals surface area contributed by atoms with Gasteiger partial charge in [-0.3, -0.25) is 0 Å². The largest absolute Gasteiger partial charge is 0.479 e. The molecule has 0 aliphatic heterocycles. The Labute approximate surface area is 124 Å². The molecule has 0 bridgehead atoms. The number of hydrogen-bond acceptors (Lipinski definition) is 2. The Morgan fingerprint density at radius 3 is 2.05 bits per heavy atom. The topological polar surface area (TPSA) is 46.5 Å². The minimum atomic E-state index is -1.37. The Morgan fingerprint density at radius 2 is 1.57 bits per heavy atom. The number of carboxylic acid groups (broad SMARTS) is 1. The van der Waals surface area contributed by atoms with Crippen molar-refractivity contribution in [2.24, 2.45) is 0 Å². The highest BCUT2D eigenvalue weighted by atomic mass is 16.5. The SMILES string of the molecule is CCCCOC1(C(=O)O)c2ccccc2-c2ccccc21. The van der Waals surface area contributed by atoms with Gasteiger partial charge in [-0.1, -0.05) is 61.9 Å². The average Bonchev–Trinajstić information content (AvgIpc) is 2.80. The van der Waals surface area contributed by atoms with E-state index in [-0.39, 0.29) is 0 Å². The minimum Gasteiger partial charge on any atom is -0.479 e. The Kier molecular flexibility index (Phi) is 3.52. The third-order valence-electron chi connectivity index (χ3n) is 4.02. The molecule has 3 rings (SSSR count). The molecule has 1 aliphatic carbocycles. The molecule has 0 spiro atoms. The van der Waals surface area contributed by atoms with Crippen molar-refractivity contribution in [2.75, 3.05) is 6.61 Å². The molecule has 0 saturated heterocycles. The van der Waals surface area contributed by atoms with Crippen LogP contribution in [0.15, 0.2) is 48.5 Å². The molecular weight excluding hydrogens is 264 g/mol. The molecule has 0 aromatic heterocycles. The standard InChI is InChI=1S/C18H18O3/c1-2-3-12-21-18(17(19)20)15-10-6-4-8-13(15)14-9-5-7-11-16(14)18/h4-11H,2-3,12H2,1H3,(H,19,20). The number of benzene rings is 2.